The molecule has 1 aromatic carbocycles. The van der Waals surface area contributed by atoms with Gasteiger partial charge in [-0.3, -0.25) is 4.79 Å². The Morgan fingerprint density at radius 1 is 1.32 bits per heavy atom. The number of amides is 1. The summed E-state index contributed by atoms with van der Waals surface area (Å²) < 4.78 is 9.76. The van der Waals surface area contributed by atoms with Crippen molar-refractivity contribution in [1.82, 2.24) is 5.32 Å². The maximum Gasteiger partial charge on any atom is 0.341 e. The molecule has 19 heavy (non-hydrogen) atoms. The van der Waals surface area contributed by atoms with Crippen LogP contribution in [-0.4, -0.2) is 32.6 Å². The number of methoxy groups -OCH3 is 2. The van der Waals surface area contributed by atoms with Crippen molar-refractivity contribution in [3.8, 4) is 17.6 Å². The van der Waals surface area contributed by atoms with E-state index in [1.54, 1.807) is 18.2 Å². The van der Waals surface area contributed by atoms with E-state index in [1.807, 2.05) is 0 Å². The number of esters is 1. The van der Waals surface area contributed by atoms with E-state index in [9.17, 15) is 9.59 Å². The maximum absolute atomic E-state index is 11.5. The molecule has 100 valence electrons. The van der Waals surface area contributed by atoms with Gasteiger partial charge in [0, 0.05) is 12.5 Å². The molecule has 0 atom stereocenters. The Hall–Kier alpha value is -2.48. The first kappa shape index (κ1) is 14.6. The normalized spacial score (nSPS) is 9.00. The van der Waals surface area contributed by atoms with Crippen molar-refractivity contribution in [1.29, 1.82) is 0 Å². The summed E-state index contributed by atoms with van der Waals surface area (Å²) in [5, 5.41) is 2.57. The van der Waals surface area contributed by atoms with Gasteiger partial charge in [-0.25, -0.2) is 4.79 Å². The Labute approximate surface area is 111 Å². The Morgan fingerprint density at radius 3 is 2.63 bits per heavy atom. The third-order valence-electron chi connectivity index (χ3n) is 2.27. The topological polar surface area (TPSA) is 64.6 Å². The minimum atomic E-state index is -0.463. The number of carbonyl (C=O) groups excluding carboxylic acids is 2. The van der Waals surface area contributed by atoms with Crippen molar-refractivity contribution < 1.29 is 19.1 Å². The van der Waals surface area contributed by atoms with Crippen LogP contribution in [0.2, 0.25) is 0 Å². The summed E-state index contributed by atoms with van der Waals surface area (Å²) >= 11 is 0. The van der Waals surface area contributed by atoms with Gasteiger partial charge in [0.25, 0.3) is 0 Å². The standard InChI is InChI=1S/C14H15NO4/c1-10(16)15-8-4-5-11-6-7-12(14(17)19-3)13(9-11)18-2/h6-7,9H,8H2,1-3H3,(H,15,16). The molecular weight excluding hydrogens is 246 g/mol. The largest absolute Gasteiger partial charge is 0.496 e. The van der Waals surface area contributed by atoms with Crippen LogP contribution in [-0.2, 0) is 9.53 Å². The summed E-state index contributed by atoms with van der Waals surface area (Å²) in [7, 11) is 2.78. The number of rotatable bonds is 3. The van der Waals surface area contributed by atoms with Gasteiger partial charge in [0.15, 0.2) is 0 Å². The highest BCUT2D eigenvalue weighted by molar-refractivity contribution is 5.92. The molecular formula is C14H15NO4. The molecule has 0 aliphatic carbocycles. The first-order chi connectivity index (χ1) is 9.08. The monoisotopic (exact) mass is 261 g/mol. The minimum Gasteiger partial charge on any atom is -0.496 e. The van der Waals surface area contributed by atoms with E-state index in [2.05, 4.69) is 21.9 Å². The van der Waals surface area contributed by atoms with E-state index < -0.39 is 5.97 Å². The molecule has 0 unspecified atom stereocenters. The fraction of sp³-hybridized carbons (Fsp3) is 0.286. The Kier molecular flexibility index (Phi) is 5.42. The average molecular weight is 261 g/mol. The molecule has 5 nitrogen and oxygen atoms in total. The van der Waals surface area contributed by atoms with E-state index in [0.717, 1.165) is 0 Å². The molecule has 0 aromatic heterocycles. The molecule has 0 saturated heterocycles. The average Bonchev–Trinajstić information content (AvgIpc) is 2.42. The van der Waals surface area contributed by atoms with Crippen molar-refractivity contribution in [2.45, 2.75) is 6.92 Å². The molecule has 0 fully saturated rings. The van der Waals surface area contributed by atoms with Gasteiger partial charge in [-0.15, -0.1) is 0 Å². The molecule has 0 radical (unpaired) electrons. The van der Waals surface area contributed by atoms with Crippen LogP contribution < -0.4 is 10.1 Å². The molecule has 0 aliphatic heterocycles. The lowest BCUT2D eigenvalue weighted by atomic mass is 10.1. The van der Waals surface area contributed by atoms with E-state index >= 15 is 0 Å². The fourth-order valence-corrected chi connectivity index (χ4v) is 1.36. The zero-order chi connectivity index (χ0) is 14.3. The van der Waals surface area contributed by atoms with Gasteiger partial charge in [-0.2, -0.15) is 0 Å². The van der Waals surface area contributed by atoms with Gasteiger partial charge in [0.1, 0.15) is 11.3 Å². The molecule has 5 heteroatoms. The van der Waals surface area contributed by atoms with Gasteiger partial charge >= 0.3 is 5.97 Å². The van der Waals surface area contributed by atoms with Gasteiger partial charge < -0.3 is 14.8 Å². The van der Waals surface area contributed by atoms with Crippen molar-refractivity contribution in [3.05, 3.63) is 29.3 Å². The molecule has 1 amide bonds. The number of ether oxygens (including phenoxy) is 2. The van der Waals surface area contributed by atoms with Gasteiger partial charge in [-0.05, 0) is 18.2 Å². The zero-order valence-corrected chi connectivity index (χ0v) is 11.1. The second-order valence-corrected chi connectivity index (χ2v) is 3.62. The third kappa shape index (κ3) is 4.36. The molecule has 1 aromatic rings. The van der Waals surface area contributed by atoms with E-state index in [1.165, 1.54) is 21.1 Å². The Balaban J connectivity index is 2.88. The Morgan fingerprint density at radius 2 is 2.05 bits per heavy atom. The predicted molar refractivity (Wildman–Crippen MR) is 69.9 cm³/mol. The lowest BCUT2D eigenvalue weighted by Gasteiger charge is -2.06. The highest BCUT2D eigenvalue weighted by atomic mass is 16.5. The molecule has 0 bridgehead atoms. The molecule has 1 rings (SSSR count). The molecule has 0 aliphatic rings. The van der Waals surface area contributed by atoms with Gasteiger partial charge in [-0.1, -0.05) is 11.8 Å². The van der Waals surface area contributed by atoms with Gasteiger partial charge in [0.2, 0.25) is 5.91 Å². The van der Waals surface area contributed by atoms with Crippen molar-refractivity contribution >= 4 is 11.9 Å². The number of benzene rings is 1. The minimum absolute atomic E-state index is 0.132. The Bertz CT molecular complexity index is 540. The van der Waals surface area contributed by atoms with Crippen LogP contribution in [0.25, 0.3) is 0 Å². The number of carbonyl (C=O) groups is 2. The molecule has 1 N–H and O–H groups in total. The van der Waals surface area contributed by atoms with E-state index in [4.69, 9.17) is 4.74 Å². The summed E-state index contributed by atoms with van der Waals surface area (Å²) in [4.78, 5) is 22.1. The van der Waals surface area contributed by atoms with Crippen molar-refractivity contribution in [2.75, 3.05) is 20.8 Å². The second kappa shape index (κ2) is 7.07. The van der Waals surface area contributed by atoms with Crippen molar-refractivity contribution in [3.63, 3.8) is 0 Å². The van der Waals surface area contributed by atoms with Crippen LogP contribution in [0, 0.1) is 11.8 Å². The quantitative estimate of drug-likeness (QED) is 0.650. The summed E-state index contributed by atoms with van der Waals surface area (Å²) in [6.45, 7) is 1.70. The smallest absolute Gasteiger partial charge is 0.341 e. The second-order valence-electron chi connectivity index (χ2n) is 3.62. The zero-order valence-electron chi connectivity index (χ0n) is 11.1. The van der Waals surface area contributed by atoms with Crippen LogP contribution in [0.5, 0.6) is 5.75 Å². The van der Waals surface area contributed by atoms with E-state index in [-0.39, 0.29) is 12.5 Å². The third-order valence-corrected chi connectivity index (χ3v) is 2.27. The lowest BCUT2D eigenvalue weighted by molar-refractivity contribution is -0.118. The molecule has 0 spiro atoms. The highest BCUT2D eigenvalue weighted by Crippen LogP contribution is 2.20. The summed E-state index contributed by atoms with van der Waals surface area (Å²) in [6, 6.07) is 4.93. The molecule has 0 saturated carbocycles. The predicted octanol–water partition coefficient (Wildman–Crippen LogP) is 0.969. The first-order valence-corrected chi connectivity index (χ1v) is 5.58. The van der Waals surface area contributed by atoms with Crippen LogP contribution in [0.15, 0.2) is 18.2 Å². The summed E-state index contributed by atoms with van der Waals surface area (Å²) in [6.07, 6.45) is 0. The number of hydrogen-bond acceptors (Lipinski definition) is 4. The number of hydrogen-bond donors (Lipinski definition) is 1. The van der Waals surface area contributed by atoms with Crippen molar-refractivity contribution in [2.24, 2.45) is 0 Å². The SMILES string of the molecule is COC(=O)c1ccc(C#CCNC(C)=O)cc1OC. The van der Waals surface area contributed by atoms with Crippen LogP contribution in [0.4, 0.5) is 0 Å². The maximum atomic E-state index is 11.5. The summed E-state index contributed by atoms with van der Waals surface area (Å²) in [5.41, 5.74) is 1.03. The number of nitrogens with one attached hydrogen (secondary N) is 1. The summed E-state index contributed by atoms with van der Waals surface area (Å²) in [5.74, 6) is 5.46. The molecule has 0 heterocycles. The van der Waals surface area contributed by atoms with Gasteiger partial charge in [0.05, 0.1) is 20.8 Å². The highest BCUT2D eigenvalue weighted by Gasteiger charge is 2.12. The van der Waals surface area contributed by atoms with Crippen LogP contribution in [0.1, 0.15) is 22.8 Å². The van der Waals surface area contributed by atoms with Crippen LogP contribution in [0.3, 0.4) is 0 Å². The van der Waals surface area contributed by atoms with Crippen LogP contribution >= 0.6 is 0 Å². The lowest BCUT2D eigenvalue weighted by Crippen LogP contribution is -2.19. The van der Waals surface area contributed by atoms with E-state index in [0.29, 0.717) is 16.9 Å². The fourth-order valence-electron chi connectivity index (χ4n) is 1.36. The first-order valence-electron chi connectivity index (χ1n) is 5.58.